The fraction of sp³-hybridized carbons (Fsp3) is 0.769. The first-order valence-corrected chi connectivity index (χ1v) is 6.68. The van der Waals surface area contributed by atoms with E-state index in [-0.39, 0.29) is 6.29 Å². The predicted octanol–water partition coefficient (Wildman–Crippen LogP) is 1.65. The van der Waals surface area contributed by atoms with Gasteiger partial charge in [0.1, 0.15) is 0 Å². The molecule has 0 saturated heterocycles. The second-order valence-electron chi connectivity index (χ2n) is 4.24. The van der Waals surface area contributed by atoms with Crippen molar-refractivity contribution in [2.24, 2.45) is 0 Å². The summed E-state index contributed by atoms with van der Waals surface area (Å²) < 4.78 is 13.1. The summed E-state index contributed by atoms with van der Waals surface area (Å²) in [7, 11) is 0. The smallest absolute Gasteiger partial charge is 0.158 e. The minimum atomic E-state index is -0.0899. The van der Waals surface area contributed by atoms with E-state index in [0.29, 0.717) is 19.3 Å². The van der Waals surface area contributed by atoms with Gasteiger partial charge in [-0.2, -0.15) is 0 Å². The van der Waals surface area contributed by atoms with Gasteiger partial charge < -0.3 is 19.4 Å². The van der Waals surface area contributed by atoms with Gasteiger partial charge in [0.25, 0.3) is 0 Å². The second kappa shape index (κ2) is 9.08. The highest BCUT2D eigenvalue weighted by atomic mass is 16.7. The molecule has 0 aromatic carbocycles. The number of imidazole rings is 1. The Morgan fingerprint density at radius 3 is 2.56 bits per heavy atom. The summed E-state index contributed by atoms with van der Waals surface area (Å²) in [6, 6.07) is 0.406. The average Bonchev–Trinajstić information content (AvgIpc) is 2.82. The molecule has 1 aromatic heterocycles. The maximum atomic E-state index is 5.49. The quantitative estimate of drug-likeness (QED) is 0.646. The van der Waals surface area contributed by atoms with E-state index in [9.17, 15) is 0 Å². The molecule has 0 amide bonds. The number of hydrogen-bond donors (Lipinski definition) is 1. The van der Waals surface area contributed by atoms with Gasteiger partial charge in [0.05, 0.1) is 6.33 Å². The van der Waals surface area contributed by atoms with Crippen molar-refractivity contribution in [3.63, 3.8) is 0 Å². The summed E-state index contributed by atoms with van der Waals surface area (Å²) in [4.78, 5) is 4.03. The zero-order chi connectivity index (χ0) is 13.2. The SMILES string of the molecule is CCOC(CCNC(C)Cn1ccnc1)OCC. The Morgan fingerprint density at radius 1 is 1.28 bits per heavy atom. The number of nitrogens with zero attached hydrogens (tertiary/aromatic N) is 2. The van der Waals surface area contributed by atoms with Gasteiger partial charge in [0.15, 0.2) is 6.29 Å². The summed E-state index contributed by atoms with van der Waals surface area (Å²) >= 11 is 0. The first kappa shape index (κ1) is 15.1. The number of aromatic nitrogens is 2. The fourth-order valence-electron chi connectivity index (χ4n) is 1.81. The van der Waals surface area contributed by atoms with Crippen LogP contribution < -0.4 is 5.32 Å². The van der Waals surface area contributed by atoms with Crippen LogP contribution in [-0.4, -0.2) is 41.6 Å². The lowest BCUT2D eigenvalue weighted by Crippen LogP contribution is -2.33. The van der Waals surface area contributed by atoms with Crippen molar-refractivity contribution >= 4 is 0 Å². The van der Waals surface area contributed by atoms with Gasteiger partial charge in [-0.1, -0.05) is 0 Å². The van der Waals surface area contributed by atoms with Crippen molar-refractivity contribution in [1.82, 2.24) is 14.9 Å². The maximum Gasteiger partial charge on any atom is 0.158 e. The molecule has 18 heavy (non-hydrogen) atoms. The van der Waals surface area contributed by atoms with Crippen LogP contribution >= 0.6 is 0 Å². The summed E-state index contributed by atoms with van der Waals surface area (Å²) in [6.07, 6.45) is 6.39. The van der Waals surface area contributed by atoms with E-state index in [1.54, 1.807) is 6.20 Å². The third-order valence-electron chi connectivity index (χ3n) is 2.62. The monoisotopic (exact) mass is 255 g/mol. The van der Waals surface area contributed by atoms with Crippen LogP contribution in [0.25, 0.3) is 0 Å². The molecule has 1 unspecified atom stereocenters. The van der Waals surface area contributed by atoms with Crippen LogP contribution in [-0.2, 0) is 16.0 Å². The first-order chi connectivity index (χ1) is 8.76. The summed E-state index contributed by atoms with van der Waals surface area (Å²) in [5.74, 6) is 0. The Kier molecular flexibility index (Phi) is 7.64. The molecule has 0 aliphatic rings. The van der Waals surface area contributed by atoms with Crippen LogP contribution in [0, 0.1) is 0 Å². The number of rotatable bonds is 10. The molecule has 1 rings (SSSR count). The molecule has 0 bridgehead atoms. The standard InChI is InChI=1S/C13H25N3O2/c1-4-17-13(18-5-2)6-7-15-12(3)10-16-9-8-14-11-16/h8-9,11-13,15H,4-7,10H2,1-3H3. The molecule has 1 aromatic rings. The third-order valence-corrected chi connectivity index (χ3v) is 2.62. The molecule has 0 saturated carbocycles. The van der Waals surface area contributed by atoms with E-state index in [2.05, 4.69) is 21.8 Å². The summed E-state index contributed by atoms with van der Waals surface area (Å²) in [5, 5.41) is 3.46. The zero-order valence-electron chi connectivity index (χ0n) is 11.6. The van der Waals surface area contributed by atoms with Crippen LogP contribution in [0.3, 0.4) is 0 Å². The van der Waals surface area contributed by atoms with Gasteiger partial charge in [-0.25, -0.2) is 4.98 Å². The molecule has 1 atom stereocenters. The van der Waals surface area contributed by atoms with Gasteiger partial charge in [-0.15, -0.1) is 0 Å². The predicted molar refractivity (Wildman–Crippen MR) is 71.3 cm³/mol. The zero-order valence-corrected chi connectivity index (χ0v) is 11.6. The molecule has 0 radical (unpaired) electrons. The largest absolute Gasteiger partial charge is 0.353 e. The molecular weight excluding hydrogens is 230 g/mol. The second-order valence-corrected chi connectivity index (χ2v) is 4.24. The molecule has 0 spiro atoms. The van der Waals surface area contributed by atoms with Crippen molar-refractivity contribution in [3.8, 4) is 0 Å². The molecular formula is C13H25N3O2. The molecule has 0 aliphatic carbocycles. The lowest BCUT2D eigenvalue weighted by Gasteiger charge is -2.19. The van der Waals surface area contributed by atoms with Gasteiger partial charge in [-0.3, -0.25) is 0 Å². The minimum Gasteiger partial charge on any atom is -0.353 e. The van der Waals surface area contributed by atoms with Crippen molar-refractivity contribution in [3.05, 3.63) is 18.7 Å². The van der Waals surface area contributed by atoms with Crippen molar-refractivity contribution < 1.29 is 9.47 Å². The number of nitrogens with one attached hydrogen (secondary N) is 1. The third kappa shape index (κ3) is 6.14. The van der Waals surface area contributed by atoms with E-state index in [4.69, 9.17) is 9.47 Å². The number of hydrogen-bond acceptors (Lipinski definition) is 4. The van der Waals surface area contributed by atoms with Crippen molar-refractivity contribution in [1.29, 1.82) is 0 Å². The van der Waals surface area contributed by atoms with Crippen LogP contribution in [0.4, 0.5) is 0 Å². The normalized spacial score (nSPS) is 13.1. The minimum absolute atomic E-state index is 0.0899. The van der Waals surface area contributed by atoms with Crippen molar-refractivity contribution in [2.45, 2.75) is 46.1 Å². The Balaban J connectivity index is 2.15. The van der Waals surface area contributed by atoms with E-state index in [1.165, 1.54) is 0 Å². The average molecular weight is 255 g/mol. The molecule has 1 N–H and O–H groups in total. The van der Waals surface area contributed by atoms with Crippen LogP contribution in [0.2, 0.25) is 0 Å². The summed E-state index contributed by atoms with van der Waals surface area (Å²) in [6.45, 7) is 9.33. The highest BCUT2D eigenvalue weighted by molar-refractivity contribution is 4.76. The van der Waals surface area contributed by atoms with Crippen LogP contribution in [0.5, 0.6) is 0 Å². The molecule has 1 heterocycles. The van der Waals surface area contributed by atoms with Crippen LogP contribution in [0.15, 0.2) is 18.7 Å². The topological polar surface area (TPSA) is 48.3 Å². The Hall–Kier alpha value is -0.910. The van der Waals surface area contributed by atoms with Crippen LogP contribution in [0.1, 0.15) is 27.2 Å². The molecule has 5 heteroatoms. The maximum absolute atomic E-state index is 5.49. The molecule has 104 valence electrons. The van der Waals surface area contributed by atoms with E-state index >= 15 is 0 Å². The number of ether oxygens (including phenoxy) is 2. The molecule has 0 aliphatic heterocycles. The Labute approximate surface area is 109 Å². The highest BCUT2D eigenvalue weighted by Gasteiger charge is 2.08. The fourth-order valence-corrected chi connectivity index (χ4v) is 1.81. The van der Waals surface area contributed by atoms with Crippen molar-refractivity contribution in [2.75, 3.05) is 19.8 Å². The lowest BCUT2D eigenvalue weighted by atomic mass is 10.3. The van der Waals surface area contributed by atoms with E-state index in [0.717, 1.165) is 19.5 Å². The Morgan fingerprint density at radius 2 is 2.00 bits per heavy atom. The van der Waals surface area contributed by atoms with Gasteiger partial charge in [0.2, 0.25) is 0 Å². The lowest BCUT2D eigenvalue weighted by molar-refractivity contribution is -0.138. The highest BCUT2D eigenvalue weighted by Crippen LogP contribution is 2.00. The van der Waals surface area contributed by atoms with Gasteiger partial charge in [0, 0.05) is 51.2 Å². The molecule has 5 nitrogen and oxygen atoms in total. The van der Waals surface area contributed by atoms with E-state index < -0.39 is 0 Å². The Bertz CT molecular complexity index is 284. The summed E-state index contributed by atoms with van der Waals surface area (Å²) in [5.41, 5.74) is 0. The van der Waals surface area contributed by atoms with Gasteiger partial charge in [-0.05, 0) is 20.8 Å². The van der Waals surface area contributed by atoms with E-state index in [1.807, 2.05) is 26.4 Å². The van der Waals surface area contributed by atoms with Gasteiger partial charge >= 0.3 is 0 Å². The molecule has 0 fully saturated rings. The first-order valence-electron chi connectivity index (χ1n) is 6.68.